The van der Waals surface area contributed by atoms with Gasteiger partial charge >= 0.3 is 0 Å². The molecule has 9 heteroatoms. The number of halogens is 3. The second kappa shape index (κ2) is 5.27. The fourth-order valence-electron chi connectivity index (χ4n) is 1.70. The lowest BCUT2D eigenvalue weighted by molar-refractivity contribution is 0.102. The van der Waals surface area contributed by atoms with E-state index in [-0.39, 0.29) is 21.7 Å². The molecular weight excluding hydrogens is 320 g/mol. The number of imidazole rings is 1. The van der Waals surface area contributed by atoms with Gasteiger partial charge in [0.05, 0.1) is 16.9 Å². The van der Waals surface area contributed by atoms with Crippen LogP contribution >= 0.6 is 23.2 Å². The molecule has 3 aromatic rings. The average Bonchev–Trinajstić information content (AvgIpc) is 2.87. The van der Waals surface area contributed by atoms with Crippen molar-refractivity contribution in [2.45, 2.75) is 0 Å². The van der Waals surface area contributed by atoms with Crippen molar-refractivity contribution in [1.82, 2.24) is 19.9 Å². The number of aromatic amines is 1. The van der Waals surface area contributed by atoms with Gasteiger partial charge in [-0.3, -0.25) is 10.1 Å². The number of rotatable bonds is 2. The van der Waals surface area contributed by atoms with Crippen molar-refractivity contribution in [1.29, 1.82) is 0 Å². The van der Waals surface area contributed by atoms with E-state index in [1.165, 1.54) is 12.4 Å². The van der Waals surface area contributed by atoms with Crippen LogP contribution in [0.25, 0.3) is 11.2 Å². The molecule has 0 spiro atoms. The number of hydrogen-bond acceptors (Lipinski definition) is 4. The highest BCUT2D eigenvalue weighted by Gasteiger charge is 2.14. The van der Waals surface area contributed by atoms with Crippen molar-refractivity contribution in [3.63, 3.8) is 0 Å². The molecule has 0 aliphatic carbocycles. The van der Waals surface area contributed by atoms with Crippen molar-refractivity contribution >= 4 is 46.2 Å². The van der Waals surface area contributed by atoms with E-state index in [0.29, 0.717) is 11.2 Å². The third kappa shape index (κ3) is 2.65. The van der Waals surface area contributed by atoms with Crippen molar-refractivity contribution in [2.24, 2.45) is 0 Å². The van der Waals surface area contributed by atoms with Gasteiger partial charge in [-0.1, -0.05) is 23.2 Å². The Hall–Kier alpha value is -2.25. The number of fused-ring (bicyclic) bond motifs is 1. The van der Waals surface area contributed by atoms with Crippen LogP contribution in [0.1, 0.15) is 10.4 Å². The van der Waals surface area contributed by atoms with Crippen LogP contribution in [0.2, 0.25) is 10.2 Å². The maximum atomic E-state index is 13.0. The normalized spacial score (nSPS) is 10.8. The Bertz CT molecular complexity index is 851. The molecule has 0 atom stereocenters. The quantitative estimate of drug-likeness (QED) is 0.709. The maximum absolute atomic E-state index is 13.0. The molecule has 0 aliphatic heterocycles. The third-order valence-corrected chi connectivity index (χ3v) is 3.23. The third-order valence-electron chi connectivity index (χ3n) is 2.64. The van der Waals surface area contributed by atoms with Gasteiger partial charge in [-0.15, -0.1) is 0 Å². The lowest BCUT2D eigenvalue weighted by Crippen LogP contribution is -2.15. The van der Waals surface area contributed by atoms with E-state index in [4.69, 9.17) is 23.2 Å². The molecular formula is C12H6Cl2FN5O. The van der Waals surface area contributed by atoms with Crippen molar-refractivity contribution in [2.75, 3.05) is 5.32 Å². The molecule has 21 heavy (non-hydrogen) atoms. The van der Waals surface area contributed by atoms with Gasteiger partial charge in [0.2, 0.25) is 5.95 Å². The van der Waals surface area contributed by atoms with E-state index in [9.17, 15) is 9.18 Å². The van der Waals surface area contributed by atoms with E-state index < -0.39 is 11.7 Å². The summed E-state index contributed by atoms with van der Waals surface area (Å²) in [7, 11) is 0. The van der Waals surface area contributed by atoms with E-state index in [0.717, 1.165) is 12.1 Å². The van der Waals surface area contributed by atoms with Crippen LogP contribution < -0.4 is 5.32 Å². The summed E-state index contributed by atoms with van der Waals surface area (Å²) in [5.74, 6) is -1.13. The fraction of sp³-hybridized carbons (Fsp3) is 0. The summed E-state index contributed by atoms with van der Waals surface area (Å²) in [5, 5.41) is 2.54. The lowest BCUT2D eigenvalue weighted by Gasteiger charge is -2.05. The van der Waals surface area contributed by atoms with Crippen LogP contribution in [0.15, 0.2) is 24.5 Å². The standard InChI is InChI=1S/C12H6Cl2FN5O/c13-7-3-5(15)1-2-6(7)11(21)20-12-18-9(14)8-10(19-12)17-4-16-8/h1-4H,(H2,16,17,18,19,20,21). The highest BCUT2D eigenvalue weighted by atomic mass is 35.5. The predicted octanol–water partition coefficient (Wildman–Crippen LogP) is 3.05. The van der Waals surface area contributed by atoms with Crippen molar-refractivity contribution in [3.8, 4) is 0 Å². The molecule has 0 aliphatic rings. The molecule has 0 radical (unpaired) electrons. The van der Waals surface area contributed by atoms with Gasteiger partial charge in [-0.2, -0.15) is 9.97 Å². The SMILES string of the molecule is O=C(Nc1nc(Cl)c2[nH]cnc2n1)c1ccc(F)cc1Cl. The van der Waals surface area contributed by atoms with E-state index in [1.54, 1.807) is 0 Å². The largest absolute Gasteiger partial charge is 0.341 e. The number of hydrogen-bond donors (Lipinski definition) is 2. The van der Waals surface area contributed by atoms with Crippen molar-refractivity contribution in [3.05, 3.63) is 46.1 Å². The zero-order valence-electron chi connectivity index (χ0n) is 10.2. The molecule has 0 saturated carbocycles. The zero-order valence-corrected chi connectivity index (χ0v) is 11.7. The zero-order chi connectivity index (χ0) is 15.0. The van der Waals surface area contributed by atoms with Gasteiger partial charge in [0, 0.05) is 0 Å². The summed E-state index contributed by atoms with van der Waals surface area (Å²) in [6.07, 6.45) is 1.41. The summed E-state index contributed by atoms with van der Waals surface area (Å²) in [6.45, 7) is 0. The molecule has 0 unspecified atom stereocenters. The highest BCUT2D eigenvalue weighted by molar-refractivity contribution is 6.34. The Labute approximate surface area is 127 Å². The van der Waals surface area contributed by atoms with Crippen molar-refractivity contribution < 1.29 is 9.18 Å². The number of anilines is 1. The molecule has 2 aromatic heterocycles. The topological polar surface area (TPSA) is 83.6 Å². The second-order valence-electron chi connectivity index (χ2n) is 4.02. The first-order valence-corrected chi connectivity index (χ1v) is 6.43. The minimum absolute atomic E-state index is 0.0144. The Morgan fingerprint density at radius 1 is 1.29 bits per heavy atom. The Morgan fingerprint density at radius 2 is 2.10 bits per heavy atom. The molecule has 1 amide bonds. The first-order chi connectivity index (χ1) is 10.0. The lowest BCUT2D eigenvalue weighted by atomic mass is 10.2. The number of benzene rings is 1. The smallest absolute Gasteiger partial charge is 0.259 e. The van der Waals surface area contributed by atoms with Crippen LogP contribution in [-0.2, 0) is 0 Å². The second-order valence-corrected chi connectivity index (χ2v) is 4.78. The summed E-state index contributed by atoms with van der Waals surface area (Å²) in [6, 6.07) is 3.44. The Balaban J connectivity index is 1.92. The van der Waals surface area contributed by atoms with E-state index >= 15 is 0 Å². The highest BCUT2D eigenvalue weighted by Crippen LogP contribution is 2.21. The van der Waals surface area contributed by atoms with Gasteiger partial charge in [0.15, 0.2) is 10.8 Å². The molecule has 0 fully saturated rings. The number of nitrogens with zero attached hydrogens (tertiary/aromatic N) is 3. The minimum Gasteiger partial charge on any atom is -0.341 e. The molecule has 3 rings (SSSR count). The molecule has 0 saturated heterocycles. The summed E-state index contributed by atoms with van der Waals surface area (Å²) >= 11 is 11.8. The maximum Gasteiger partial charge on any atom is 0.259 e. The van der Waals surface area contributed by atoms with Crippen LogP contribution in [0, 0.1) is 5.82 Å². The molecule has 106 valence electrons. The molecule has 2 heterocycles. The molecule has 1 aromatic carbocycles. The van der Waals surface area contributed by atoms with E-state index in [1.807, 2.05) is 0 Å². The van der Waals surface area contributed by atoms with E-state index in [2.05, 4.69) is 25.3 Å². The average molecular weight is 326 g/mol. The molecule has 0 bridgehead atoms. The van der Waals surface area contributed by atoms with Crippen LogP contribution in [0.5, 0.6) is 0 Å². The van der Waals surface area contributed by atoms with Gasteiger partial charge in [0.25, 0.3) is 5.91 Å². The number of nitrogens with one attached hydrogen (secondary N) is 2. The number of H-pyrrole nitrogens is 1. The molecule has 6 nitrogen and oxygen atoms in total. The Morgan fingerprint density at radius 3 is 2.86 bits per heavy atom. The van der Waals surface area contributed by atoms with Gasteiger partial charge in [0.1, 0.15) is 11.3 Å². The van der Waals surface area contributed by atoms with Crippen LogP contribution in [-0.4, -0.2) is 25.8 Å². The van der Waals surface area contributed by atoms with Gasteiger partial charge in [-0.05, 0) is 18.2 Å². The minimum atomic E-state index is -0.578. The predicted molar refractivity (Wildman–Crippen MR) is 76.1 cm³/mol. The monoisotopic (exact) mass is 325 g/mol. The summed E-state index contributed by atoms with van der Waals surface area (Å²) < 4.78 is 13.0. The number of amides is 1. The first-order valence-electron chi connectivity index (χ1n) is 5.67. The number of carbonyl (C=O) groups excluding carboxylic acids is 1. The summed E-state index contributed by atoms with van der Waals surface area (Å²) in [4.78, 5) is 26.7. The number of aromatic nitrogens is 4. The Kier molecular flexibility index (Phi) is 3.44. The van der Waals surface area contributed by atoms with Crippen LogP contribution in [0.4, 0.5) is 10.3 Å². The first kappa shape index (κ1) is 13.7. The van der Waals surface area contributed by atoms with Gasteiger partial charge in [-0.25, -0.2) is 9.37 Å². The number of carbonyl (C=O) groups is 1. The van der Waals surface area contributed by atoms with Gasteiger partial charge < -0.3 is 4.98 Å². The summed E-state index contributed by atoms with van der Waals surface area (Å²) in [5.41, 5.74) is 0.880. The fourth-order valence-corrected chi connectivity index (χ4v) is 2.17. The van der Waals surface area contributed by atoms with Crippen LogP contribution in [0.3, 0.4) is 0 Å². The molecule has 2 N–H and O–H groups in total.